The van der Waals surface area contributed by atoms with E-state index in [-0.39, 0.29) is 11.2 Å². The first-order valence-corrected chi connectivity index (χ1v) is 8.62. The van der Waals surface area contributed by atoms with Crippen molar-refractivity contribution < 1.29 is 18.8 Å². The number of ether oxygens (including phenoxy) is 2. The van der Waals surface area contributed by atoms with Gasteiger partial charge in [0.25, 0.3) is 0 Å². The summed E-state index contributed by atoms with van der Waals surface area (Å²) in [5, 5.41) is 3.37. The van der Waals surface area contributed by atoms with Crippen molar-refractivity contribution in [3.05, 3.63) is 23.8 Å². The van der Waals surface area contributed by atoms with Crippen molar-refractivity contribution in [2.45, 2.75) is 52.4 Å². The van der Waals surface area contributed by atoms with E-state index in [2.05, 4.69) is 39.1 Å². The third-order valence-corrected chi connectivity index (χ3v) is 4.72. The molecule has 1 fully saturated rings. The Morgan fingerprint density at radius 2 is 1.79 bits per heavy atom. The van der Waals surface area contributed by atoms with Crippen molar-refractivity contribution in [1.29, 1.82) is 0 Å². The Bertz CT molecular complexity index is 532. The monoisotopic (exact) mass is 335 g/mol. The van der Waals surface area contributed by atoms with Gasteiger partial charge in [-0.05, 0) is 34.6 Å². The maximum absolute atomic E-state index is 6.19. The zero-order valence-electron chi connectivity index (χ0n) is 15.8. The molecule has 1 heterocycles. The molecule has 0 atom stereocenters. The van der Waals surface area contributed by atoms with Crippen LogP contribution < -0.4 is 15.5 Å². The van der Waals surface area contributed by atoms with E-state index in [1.165, 1.54) is 0 Å². The maximum atomic E-state index is 6.19. The van der Waals surface area contributed by atoms with Crippen molar-refractivity contribution in [2.24, 2.45) is 0 Å². The van der Waals surface area contributed by atoms with E-state index >= 15 is 0 Å². The summed E-state index contributed by atoms with van der Waals surface area (Å²) in [6.45, 7) is 13.0. The Kier molecular flexibility index (Phi) is 6.31. The van der Waals surface area contributed by atoms with Crippen LogP contribution in [0.3, 0.4) is 0 Å². The quantitative estimate of drug-likeness (QED) is 0.583. The van der Waals surface area contributed by atoms with Gasteiger partial charge in [0, 0.05) is 31.2 Å². The first-order chi connectivity index (χ1) is 11.3. The van der Waals surface area contributed by atoms with Crippen LogP contribution in [0.5, 0.6) is 5.75 Å². The summed E-state index contributed by atoms with van der Waals surface area (Å²) in [7, 11) is 1.28. The van der Waals surface area contributed by atoms with Gasteiger partial charge in [0.15, 0.2) is 0 Å². The molecule has 5 nitrogen and oxygen atoms in total. The van der Waals surface area contributed by atoms with Crippen LogP contribution in [0.2, 0.25) is 0 Å². The van der Waals surface area contributed by atoms with E-state index in [9.17, 15) is 0 Å². The van der Waals surface area contributed by atoms with Gasteiger partial charge in [-0.25, -0.2) is 0 Å². The van der Waals surface area contributed by atoms with Gasteiger partial charge >= 0.3 is 7.12 Å². The Morgan fingerprint density at radius 1 is 1.12 bits per heavy atom. The third-order valence-electron chi connectivity index (χ3n) is 4.72. The highest BCUT2D eigenvalue weighted by Crippen LogP contribution is 2.37. The zero-order valence-corrected chi connectivity index (χ0v) is 15.8. The SMILES string of the molecule is CCOc1c(CNCCOC)cccc1B1OC(C)(C)C(C)(C)O1. The van der Waals surface area contributed by atoms with Crippen LogP contribution in [0.1, 0.15) is 40.2 Å². The Hall–Kier alpha value is -1.08. The predicted molar refractivity (Wildman–Crippen MR) is 96.9 cm³/mol. The second-order valence-electron chi connectivity index (χ2n) is 7.03. The molecular formula is C18H30BNO4. The predicted octanol–water partition coefficient (Wildman–Crippen LogP) is 2.12. The number of hydrogen-bond acceptors (Lipinski definition) is 5. The molecule has 1 N–H and O–H groups in total. The third kappa shape index (κ3) is 4.12. The zero-order chi connectivity index (χ0) is 17.8. The summed E-state index contributed by atoms with van der Waals surface area (Å²) in [6, 6.07) is 6.11. The molecule has 134 valence electrons. The van der Waals surface area contributed by atoms with Gasteiger partial charge in [-0.15, -0.1) is 0 Å². The Labute approximate surface area is 146 Å². The van der Waals surface area contributed by atoms with Gasteiger partial charge in [-0.1, -0.05) is 18.2 Å². The lowest BCUT2D eigenvalue weighted by Gasteiger charge is -2.32. The highest BCUT2D eigenvalue weighted by atomic mass is 16.7. The van der Waals surface area contributed by atoms with Crippen LogP contribution in [0.15, 0.2) is 18.2 Å². The lowest BCUT2D eigenvalue weighted by atomic mass is 9.77. The van der Waals surface area contributed by atoms with Crippen LogP contribution in [-0.2, 0) is 20.6 Å². The molecule has 1 saturated heterocycles. The van der Waals surface area contributed by atoms with Gasteiger partial charge in [-0.3, -0.25) is 0 Å². The smallest absolute Gasteiger partial charge is 0.494 e. The van der Waals surface area contributed by atoms with Crippen molar-refractivity contribution in [2.75, 3.05) is 26.9 Å². The fourth-order valence-electron chi connectivity index (χ4n) is 2.62. The minimum atomic E-state index is -0.421. The molecule has 6 heteroatoms. The van der Waals surface area contributed by atoms with Crippen molar-refractivity contribution >= 4 is 12.6 Å². The molecule has 0 saturated carbocycles. The molecule has 1 aromatic carbocycles. The second-order valence-corrected chi connectivity index (χ2v) is 7.03. The Morgan fingerprint density at radius 3 is 2.38 bits per heavy atom. The van der Waals surface area contributed by atoms with Gasteiger partial charge < -0.3 is 24.1 Å². The van der Waals surface area contributed by atoms with Gasteiger partial charge in [0.1, 0.15) is 5.75 Å². The van der Waals surface area contributed by atoms with Crippen LogP contribution in [0, 0.1) is 0 Å². The molecule has 1 aromatic rings. The molecule has 0 amide bonds. The number of methoxy groups -OCH3 is 1. The minimum Gasteiger partial charge on any atom is -0.494 e. The average molecular weight is 335 g/mol. The summed E-state index contributed by atoms with van der Waals surface area (Å²) in [6.07, 6.45) is 0. The Balaban J connectivity index is 2.23. The molecule has 0 aromatic heterocycles. The number of rotatable bonds is 8. The van der Waals surface area contributed by atoms with Gasteiger partial charge in [0.05, 0.1) is 24.4 Å². The molecule has 24 heavy (non-hydrogen) atoms. The van der Waals surface area contributed by atoms with E-state index < -0.39 is 7.12 Å². The molecule has 0 bridgehead atoms. The standard InChI is InChI=1S/C18H30BNO4/c1-7-22-16-14(13-20-11-12-21-6)9-8-10-15(16)19-23-17(2,3)18(4,5)24-19/h8-10,20H,7,11-13H2,1-6H3. The highest BCUT2D eigenvalue weighted by Gasteiger charge is 2.52. The normalized spacial score (nSPS) is 18.8. The highest BCUT2D eigenvalue weighted by molar-refractivity contribution is 6.63. The topological polar surface area (TPSA) is 49.0 Å². The summed E-state index contributed by atoms with van der Waals surface area (Å²) in [5.74, 6) is 0.850. The number of nitrogens with one attached hydrogen (secondary N) is 1. The molecular weight excluding hydrogens is 305 g/mol. The molecule has 1 aliphatic heterocycles. The first-order valence-electron chi connectivity index (χ1n) is 8.62. The number of para-hydroxylation sites is 1. The lowest BCUT2D eigenvalue weighted by molar-refractivity contribution is 0.00578. The summed E-state index contributed by atoms with van der Waals surface area (Å²) < 4.78 is 23.4. The van der Waals surface area contributed by atoms with Crippen molar-refractivity contribution in [3.63, 3.8) is 0 Å². The minimum absolute atomic E-state index is 0.367. The summed E-state index contributed by atoms with van der Waals surface area (Å²) in [4.78, 5) is 0. The van der Waals surface area contributed by atoms with E-state index in [1.807, 2.05) is 19.1 Å². The summed E-state index contributed by atoms with van der Waals surface area (Å²) in [5.41, 5.74) is 1.31. The maximum Gasteiger partial charge on any atom is 0.498 e. The number of benzene rings is 1. The van der Waals surface area contributed by atoms with E-state index in [4.69, 9.17) is 18.8 Å². The van der Waals surface area contributed by atoms with Crippen molar-refractivity contribution in [1.82, 2.24) is 5.32 Å². The molecule has 0 unspecified atom stereocenters. The second kappa shape index (κ2) is 7.87. The fraction of sp³-hybridized carbons (Fsp3) is 0.667. The molecule has 2 rings (SSSR count). The first kappa shape index (κ1) is 19.3. The van der Waals surface area contributed by atoms with Crippen LogP contribution >= 0.6 is 0 Å². The van der Waals surface area contributed by atoms with Crippen LogP contribution in [0.25, 0.3) is 0 Å². The van der Waals surface area contributed by atoms with E-state index in [0.717, 1.165) is 23.3 Å². The number of hydrogen-bond donors (Lipinski definition) is 1. The molecule has 0 spiro atoms. The van der Waals surface area contributed by atoms with Gasteiger partial charge in [0.2, 0.25) is 0 Å². The van der Waals surface area contributed by atoms with Crippen LogP contribution in [0.4, 0.5) is 0 Å². The van der Waals surface area contributed by atoms with Crippen molar-refractivity contribution in [3.8, 4) is 5.75 Å². The van der Waals surface area contributed by atoms with Gasteiger partial charge in [-0.2, -0.15) is 0 Å². The fourth-order valence-corrected chi connectivity index (χ4v) is 2.62. The largest absolute Gasteiger partial charge is 0.498 e. The molecule has 1 aliphatic rings. The molecule has 0 aliphatic carbocycles. The molecule has 0 radical (unpaired) electrons. The van der Waals surface area contributed by atoms with E-state index in [0.29, 0.717) is 19.8 Å². The summed E-state index contributed by atoms with van der Waals surface area (Å²) >= 11 is 0. The van der Waals surface area contributed by atoms with E-state index in [1.54, 1.807) is 7.11 Å². The lowest BCUT2D eigenvalue weighted by Crippen LogP contribution is -2.41. The average Bonchev–Trinajstić information content (AvgIpc) is 2.73. The van der Waals surface area contributed by atoms with Crippen LogP contribution in [-0.4, -0.2) is 45.2 Å².